The summed E-state index contributed by atoms with van der Waals surface area (Å²) in [5, 5.41) is 0. The van der Waals surface area contributed by atoms with E-state index in [0.29, 0.717) is 40.9 Å². The van der Waals surface area contributed by atoms with Crippen LogP contribution < -0.4 is 0 Å². The van der Waals surface area contributed by atoms with Gasteiger partial charge in [-0.25, -0.2) is 4.79 Å². The molecule has 0 atom stereocenters. The van der Waals surface area contributed by atoms with Crippen molar-refractivity contribution >= 4 is 52.2 Å². The highest BCUT2D eigenvalue weighted by Crippen LogP contribution is 2.32. The van der Waals surface area contributed by atoms with Crippen LogP contribution in [0.25, 0.3) is 6.08 Å². The number of thioether (sulfide) groups is 1. The molecule has 0 spiro atoms. The Morgan fingerprint density at radius 3 is 2.52 bits per heavy atom. The summed E-state index contributed by atoms with van der Waals surface area (Å²) in [5.74, 6) is -0.705. The maximum Gasteiger partial charge on any atom is 0.337 e. The van der Waals surface area contributed by atoms with Crippen LogP contribution in [0.5, 0.6) is 0 Å². The molecule has 0 aliphatic carbocycles. The van der Waals surface area contributed by atoms with Gasteiger partial charge in [-0.2, -0.15) is 0 Å². The van der Waals surface area contributed by atoms with Crippen molar-refractivity contribution < 1.29 is 23.9 Å². The van der Waals surface area contributed by atoms with Crippen molar-refractivity contribution in [3.63, 3.8) is 0 Å². The molecule has 0 bridgehead atoms. The van der Waals surface area contributed by atoms with Gasteiger partial charge >= 0.3 is 11.9 Å². The highest BCUT2D eigenvalue weighted by Gasteiger charge is 2.31. The Hall–Kier alpha value is -2.23. The molecule has 0 unspecified atom stereocenters. The number of methoxy groups -OCH3 is 1. The zero-order valence-electron chi connectivity index (χ0n) is 18.1. The minimum Gasteiger partial charge on any atom is -0.465 e. The molecule has 1 aliphatic rings. The van der Waals surface area contributed by atoms with Gasteiger partial charge in [-0.1, -0.05) is 42.5 Å². The predicted molar refractivity (Wildman–Crippen MR) is 126 cm³/mol. The fraction of sp³-hybridized carbons (Fsp3) is 0.455. The number of benzene rings is 1. The van der Waals surface area contributed by atoms with E-state index in [1.807, 2.05) is 19.0 Å². The summed E-state index contributed by atoms with van der Waals surface area (Å²) in [6, 6.07) is 6.83. The number of hydrogen-bond donors (Lipinski definition) is 0. The SMILES string of the molecule is COC(=O)c1ccc(C=C2SC(=S)N(CCCCCC(=O)OCCN(C)C)C2=O)cc1. The monoisotopic (exact) mass is 464 g/mol. The van der Waals surface area contributed by atoms with Gasteiger partial charge in [-0.3, -0.25) is 14.5 Å². The van der Waals surface area contributed by atoms with Gasteiger partial charge in [0, 0.05) is 19.5 Å². The Labute approximate surface area is 192 Å². The van der Waals surface area contributed by atoms with Gasteiger partial charge in [0.15, 0.2) is 0 Å². The molecule has 2 rings (SSSR count). The number of nitrogens with zero attached hydrogens (tertiary/aromatic N) is 2. The molecule has 1 aromatic carbocycles. The molecular weight excluding hydrogens is 436 g/mol. The maximum atomic E-state index is 12.7. The molecular formula is C22H28N2O5S2. The lowest BCUT2D eigenvalue weighted by Gasteiger charge is -2.14. The number of thiocarbonyl (C=S) groups is 1. The quantitative estimate of drug-likeness (QED) is 0.214. The number of likely N-dealkylation sites (N-methyl/N-ethyl adjacent to an activating group) is 1. The van der Waals surface area contributed by atoms with Crippen LogP contribution >= 0.6 is 24.0 Å². The van der Waals surface area contributed by atoms with Gasteiger partial charge in [0.2, 0.25) is 0 Å². The Bertz CT molecular complexity index is 837. The molecule has 0 N–H and O–H groups in total. The second-order valence-electron chi connectivity index (χ2n) is 7.28. The van der Waals surface area contributed by atoms with Crippen LogP contribution in [0.2, 0.25) is 0 Å². The lowest BCUT2D eigenvalue weighted by atomic mass is 10.1. The molecule has 1 amide bonds. The first kappa shape index (κ1) is 25.0. The van der Waals surface area contributed by atoms with Crippen LogP contribution in [-0.2, 0) is 19.1 Å². The van der Waals surface area contributed by atoms with E-state index in [1.54, 1.807) is 35.2 Å². The number of esters is 2. The van der Waals surface area contributed by atoms with E-state index < -0.39 is 5.97 Å². The molecule has 1 aliphatic heterocycles. The third-order valence-corrected chi connectivity index (χ3v) is 5.95. The van der Waals surface area contributed by atoms with E-state index in [0.717, 1.165) is 24.8 Å². The average molecular weight is 465 g/mol. The van der Waals surface area contributed by atoms with Crippen LogP contribution in [0.1, 0.15) is 41.6 Å². The van der Waals surface area contributed by atoms with Crippen molar-refractivity contribution in [3.05, 3.63) is 40.3 Å². The van der Waals surface area contributed by atoms with E-state index in [4.69, 9.17) is 17.0 Å². The summed E-state index contributed by atoms with van der Waals surface area (Å²) in [7, 11) is 5.19. The number of carbonyl (C=O) groups excluding carboxylic acids is 3. The normalized spacial score (nSPS) is 15.1. The fourth-order valence-corrected chi connectivity index (χ4v) is 4.12. The standard InChI is InChI=1S/C22H28N2O5S2/c1-23(2)13-14-29-19(25)7-5-4-6-12-24-20(26)18(31-22(24)30)15-16-8-10-17(11-9-16)21(27)28-3/h8-11,15H,4-7,12-14H2,1-3H3. The molecule has 1 fully saturated rings. The van der Waals surface area contributed by atoms with E-state index in [9.17, 15) is 14.4 Å². The zero-order chi connectivity index (χ0) is 22.8. The Morgan fingerprint density at radius 1 is 1.16 bits per heavy atom. The first-order valence-corrected chi connectivity index (χ1v) is 11.3. The number of amides is 1. The van der Waals surface area contributed by atoms with Gasteiger partial charge in [-0.15, -0.1) is 0 Å². The minimum absolute atomic E-state index is 0.116. The second-order valence-corrected chi connectivity index (χ2v) is 8.96. The Kier molecular flexibility index (Phi) is 10.2. The molecule has 0 aromatic heterocycles. The lowest BCUT2D eigenvalue weighted by molar-refractivity contribution is -0.144. The maximum absolute atomic E-state index is 12.7. The third kappa shape index (κ3) is 8.08. The number of unbranched alkanes of at least 4 members (excludes halogenated alkanes) is 2. The third-order valence-electron chi connectivity index (χ3n) is 4.57. The number of carbonyl (C=O) groups is 3. The molecule has 31 heavy (non-hydrogen) atoms. The number of hydrogen-bond acceptors (Lipinski definition) is 8. The average Bonchev–Trinajstić information content (AvgIpc) is 3.00. The minimum atomic E-state index is -0.403. The summed E-state index contributed by atoms with van der Waals surface area (Å²) >= 11 is 6.63. The smallest absolute Gasteiger partial charge is 0.337 e. The van der Waals surface area contributed by atoms with Crippen molar-refractivity contribution in [2.24, 2.45) is 0 Å². The van der Waals surface area contributed by atoms with E-state index in [1.165, 1.54) is 18.9 Å². The molecule has 168 valence electrons. The molecule has 0 radical (unpaired) electrons. The van der Waals surface area contributed by atoms with Gasteiger partial charge < -0.3 is 14.4 Å². The highest BCUT2D eigenvalue weighted by atomic mass is 32.2. The Morgan fingerprint density at radius 2 is 1.87 bits per heavy atom. The van der Waals surface area contributed by atoms with Crippen molar-refractivity contribution in [3.8, 4) is 0 Å². The van der Waals surface area contributed by atoms with Crippen molar-refractivity contribution in [1.82, 2.24) is 9.80 Å². The van der Waals surface area contributed by atoms with E-state index >= 15 is 0 Å². The van der Waals surface area contributed by atoms with Gasteiger partial charge in [0.05, 0.1) is 17.6 Å². The van der Waals surface area contributed by atoms with E-state index in [-0.39, 0.29) is 11.9 Å². The summed E-state index contributed by atoms with van der Waals surface area (Å²) in [5.41, 5.74) is 1.26. The summed E-state index contributed by atoms with van der Waals surface area (Å²) in [6.45, 7) is 1.64. The largest absolute Gasteiger partial charge is 0.465 e. The van der Waals surface area contributed by atoms with Gasteiger partial charge in [0.25, 0.3) is 5.91 Å². The zero-order valence-corrected chi connectivity index (χ0v) is 19.7. The lowest BCUT2D eigenvalue weighted by Crippen LogP contribution is -2.29. The summed E-state index contributed by atoms with van der Waals surface area (Å²) < 4.78 is 10.4. The topological polar surface area (TPSA) is 76.2 Å². The fourth-order valence-electron chi connectivity index (χ4n) is 2.81. The van der Waals surface area contributed by atoms with Crippen LogP contribution in [0.3, 0.4) is 0 Å². The van der Waals surface area contributed by atoms with Crippen LogP contribution in [0.15, 0.2) is 29.2 Å². The first-order valence-electron chi connectivity index (χ1n) is 10.1. The van der Waals surface area contributed by atoms with E-state index in [2.05, 4.69) is 4.74 Å². The molecule has 1 saturated heterocycles. The van der Waals surface area contributed by atoms with Crippen molar-refractivity contribution in [1.29, 1.82) is 0 Å². The number of rotatable bonds is 11. The first-order chi connectivity index (χ1) is 14.8. The van der Waals surface area contributed by atoms with Crippen molar-refractivity contribution in [2.75, 3.05) is 40.9 Å². The molecule has 9 heteroatoms. The summed E-state index contributed by atoms with van der Waals surface area (Å²) in [6.07, 6.45) is 4.45. The second kappa shape index (κ2) is 12.6. The van der Waals surface area contributed by atoms with Gasteiger partial charge in [-0.05, 0) is 50.7 Å². The van der Waals surface area contributed by atoms with Gasteiger partial charge in [0.1, 0.15) is 10.9 Å². The molecule has 1 aromatic rings. The van der Waals surface area contributed by atoms with Crippen LogP contribution in [0, 0.1) is 0 Å². The Balaban J connectivity index is 1.77. The summed E-state index contributed by atoms with van der Waals surface area (Å²) in [4.78, 5) is 40.0. The number of ether oxygens (including phenoxy) is 2. The van der Waals surface area contributed by atoms with Crippen LogP contribution in [0.4, 0.5) is 0 Å². The molecule has 7 nitrogen and oxygen atoms in total. The molecule has 1 heterocycles. The predicted octanol–water partition coefficient (Wildman–Crippen LogP) is 3.34. The van der Waals surface area contributed by atoms with Crippen molar-refractivity contribution in [2.45, 2.75) is 25.7 Å². The van der Waals surface area contributed by atoms with Crippen LogP contribution in [-0.4, -0.2) is 72.9 Å². The highest BCUT2D eigenvalue weighted by molar-refractivity contribution is 8.26. The molecule has 0 saturated carbocycles.